The molecule has 0 radical (unpaired) electrons. The summed E-state index contributed by atoms with van der Waals surface area (Å²) in [7, 11) is 0. The van der Waals surface area contributed by atoms with Crippen LogP contribution in [0.1, 0.15) is 11.6 Å². The number of rotatable bonds is 4. The van der Waals surface area contributed by atoms with Crippen LogP contribution in [0.2, 0.25) is 5.02 Å². The number of hydrogen-bond acceptors (Lipinski definition) is 3. The lowest BCUT2D eigenvalue weighted by Crippen LogP contribution is -2.27. The molecular formula is C21H15ClFNO3. The maximum Gasteiger partial charge on any atom is 0.415 e. The van der Waals surface area contributed by atoms with E-state index in [1.54, 1.807) is 60.7 Å². The Kier molecular flexibility index (Phi) is 4.69. The highest BCUT2D eigenvalue weighted by Gasteiger charge is 2.35. The summed E-state index contributed by atoms with van der Waals surface area (Å²) >= 11 is 5.87. The van der Waals surface area contributed by atoms with E-state index in [1.807, 2.05) is 0 Å². The molecule has 4 rings (SSSR count). The summed E-state index contributed by atoms with van der Waals surface area (Å²) in [4.78, 5) is 13.7. The van der Waals surface area contributed by atoms with Crippen LogP contribution in [0.5, 0.6) is 11.5 Å². The van der Waals surface area contributed by atoms with Crippen LogP contribution in [-0.4, -0.2) is 12.7 Å². The van der Waals surface area contributed by atoms with E-state index in [0.29, 0.717) is 27.8 Å². The molecule has 0 aliphatic carbocycles. The monoisotopic (exact) mass is 383 g/mol. The first kappa shape index (κ1) is 17.4. The zero-order chi connectivity index (χ0) is 18.8. The highest BCUT2D eigenvalue weighted by atomic mass is 35.5. The van der Waals surface area contributed by atoms with Crippen molar-refractivity contribution in [3.63, 3.8) is 0 Å². The molecule has 1 atom stereocenters. The predicted octanol–water partition coefficient (Wildman–Crippen LogP) is 5.97. The van der Waals surface area contributed by atoms with Crippen LogP contribution in [0, 0.1) is 5.82 Å². The largest absolute Gasteiger partial charge is 0.457 e. The molecule has 27 heavy (non-hydrogen) atoms. The number of cyclic esters (lactones) is 1. The normalized spacial score (nSPS) is 16.3. The number of ether oxygens (including phenoxy) is 2. The summed E-state index contributed by atoms with van der Waals surface area (Å²) in [6.07, 6.45) is -0.462. The molecule has 1 aliphatic heterocycles. The molecule has 136 valence electrons. The number of nitrogens with zero attached hydrogens (tertiary/aromatic N) is 1. The Hall–Kier alpha value is -3.05. The van der Waals surface area contributed by atoms with Gasteiger partial charge >= 0.3 is 6.09 Å². The lowest BCUT2D eigenvalue weighted by Gasteiger charge is -2.22. The van der Waals surface area contributed by atoms with Gasteiger partial charge in [-0.1, -0.05) is 23.7 Å². The minimum atomic E-state index is -0.462. The lowest BCUT2D eigenvalue weighted by molar-refractivity contribution is 0.179. The quantitative estimate of drug-likeness (QED) is 0.557. The minimum Gasteiger partial charge on any atom is -0.457 e. The third kappa shape index (κ3) is 3.73. The summed E-state index contributed by atoms with van der Waals surface area (Å²) in [5.41, 5.74) is 1.33. The Labute approximate surface area is 160 Å². The van der Waals surface area contributed by atoms with Crippen molar-refractivity contribution in [3.05, 3.63) is 89.2 Å². The Morgan fingerprint density at radius 3 is 2.33 bits per heavy atom. The van der Waals surface area contributed by atoms with Crippen LogP contribution in [-0.2, 0) is 4.74 Å². The molecule has 3 aromatic carbocycles. The van der Waals surface area contributed by atoms with Gasteiger partial charge in [-0.15, -0.1) is 0 Å². The van der Waals surface area contributed by atoms with Crippen LogP contribution in [0.3, 0.4) is 0 Å². The lowest BCUT2D eigenvalue weighted by atomic mass is 10.1. The maximum absolute atomic E-state index is 13.6. The van der Waals surface area contributed by atoms with Gasteiger partial charge in [-0.3, -0.25) is 4.90 Å². The SMILES string of the molecule is O=C1OCC(c2cccc(F)c2)N1c1ccc(Oc2ccc(Cl)cc2)cc1. The fourth-order valence-electron chi connectivity index (χ4n) is 2.98. The van der Waals surface area contributed by atoms with Gasteiger partial charge in [0.15, 0.2) is 0 Å². The van der Waals surface area contributed by atoms with E-state index < -0.39 is 6.09 Å². The molecule has 1 unspecified atom stereocenters. The second-order valence-corrected chi connectivity index (χ2v) is 6.50. The Morgan fingerprint density at radius 1 is 1.00 bits per heavy atom. The smallest absolute Gasteiger partial charge is 0.415 e. The zero-order valence-electron chi connectivity index (χ0n) is 14.1. The number of benzene rings is 3. The van der Waals surface area contributed by atoms with E-state index >= 15 is 0 Å². The summed E-state index contributed by atoms with van der Waals surface area (Å²) in [5, 5.41) is 0.633. The number of hydrogen-bond donors (Lipinski definition) is 0. The van der Waals surface area contributed by atoms with Crippen molar-refractivity contribution in [1.82, 2.24) is 0 Å². The van der Waals surface area contributed by atoms with Crippen LogP contribution in [0.15, 0.2) is 72.8 Å². The third-order valence-electron chi connectivity index (χ3n) is 4.27. The molecule has 0 spiro atoms. The molecular weight excluding hydrogens is 369 g/mol. The van der Waals surface area contributed by atoms with Crippen molar-refractivity contribution >= 4 is 23.4 Å². The van der Waals surface area contributed by atoms with Crippen LogP contribution in [0.4, 0.5) is 14.9 Å². The Balaban J connectivity index is 1.56. The van der Waals surface area contributed by atoms with E-state index in [9.17, 15) is 9.18 Å². The average molecular weight is 384 g/mol. The van der Waals surface area contributed by atoms with Gasteiger partial charge in [0.25, 0.3) is 0 Å². The maximum atomic E-state index is 13.6. The molecule has 0 N–H and O–H groups in total. The van der Waals surface area contributed by atoms with Crippen molar-refractivity contribution in [2.75, 3.05) is 11.5 Å². The van der Waals surface area contributed by atoms with Gasteiger partial charge in [0.05, 0.1) is 6.04 Å². The molecule has 1 aliphatic rings. The standard InChI is InChI=1S/C21H15ClFNO3/c22-15-4-8-18(9-5-15)27-19-10-6-17(7-11-19)24-20(13-26-21(24)25)14-2-1-3-16(23)12-14/h1-12,20H,13H2. The number of carbonyl (C=O) groups is 1. The third-order valence-corrected chi connectivity index (χ3v) is 4.52. The number of amides is 1. The van der Waals surface area contributed by atoms with E-state index in [4.69, 9.17) is 21.1 Å². The fraction of sp³-hybridized carbons (Fsp3) is 0.0952. The first-order valence-corrected chi connectivity index (χ1v) is 8.73. The second kappa shape index (κ2) is 7.29. The number of carbonyl (C=O) groups excluding carboxylic acids is 1. The van der Waals surface area contributed by atoms with E-state index in [1.165, 1.54) is 17.0 Å². The molecule has 1 heterocycles. The van der Waals surface area contributed by atoms with Crippen molar-refractivity contribution in [2.45, 2.75) is 6.04 Å². The van der Waals surface area contributed by atoms with Crippen LogP contribution in [0.25, 0.3) is 0 Å². The van der Waals surface area contributed by atoms with E-state index in [2.05, 4.69) is 0 Å². The summed E-state index contributed by atoms with van der Waals surface area (Å²) in [5.74, 6) is 0.930. The predicted molar refractivity (Wildman–Crippen MR) is 101 cm³/mol. The van der Waals surface area contributed by atoms with Gasteiger partial charge in [-0.05, 0) is 66.2 Å². The second-order valence-electron chi connectivity index (χ2n) is 6.07. The molecule has 0 bridgehead atoms. The highest BCUT2D eigenvalue weighted by Crippen LogP contribution is 2.34. The molecule has 3 aromatic rings. The highest BCUT2D eigenvalue weighted by molar-refractivity contribution is 6.30. The van der Waals surface area contributed by atoms with Gasteiger partial charge in [-0.2, -0.15) is 0 Å². The van der Waals surface area contributed by atoms with Crippen molar-refractivity contribution in [1.29, 1.82) is 0 Å². The Bertz CT molecular complexity index is 960. The van der Waals surface area contributed by atoms with Crippen molar-refractivity contribution in [2.24, 2.45) is 0 Å². The molecule has 0 saturated carbocycles. The van der Waals surface area contributed by atoms with Gasteiger partial charge < -0.3 is 9.47 Å². The molecule has 6 heteroatoms. The van der Waals surface area contributed by atoms with E-state index in [-0.39, 0.29) is 18.5 Å². The Morgan fingerprint density at radius 2 is 1.67 bits per heavy atom. The van der Waals surface area contributed by atoms with Crippen LogP contribution >= 0.6 is 11.6 Å². The van der Waals surface area contributed by atoms with Gasteiger partial charge in [0.1, 0.15) is 23.9 Å². The minimum absolute atomic E-state index is 0.172. The van der Waals surface area contributed by atoms with Gasteiger partial charge in [0.2, 0.25) is 0 Å². The molecule has 4 nitrogen and oxygen atoms in total. The van der Waals surface area contributed by atoms with Crippen molar-refractivity contribution < 1.29 is 18.7 Å². The molecule has 0 aromatic heterocycles. The number of anilines is 1. The van der Waals surface area contributed by atoms with E-state index in [0.717, 1.165) is 0 Å². The van der Waals surface area contributed by atoms with Gasteiger partial charge in [-0.25, -0.2) is 9.18 Å². The van der Waals surface area contributed by atoms with Crippen molar-refractivity contribution in [3.8, 4) is 11.5 Å². The molecule has 1 saturated heterocycles. The first-order valence-electron chi connectivity index (χ1n) is 8.35. The first-order chi connectivity index (χ1) is 13.1. The number of halogens is 2. The average Bonchev–Trinajstić information content (AvgIpc) is 3.06. The topological polar surface area (TPSA) is 38.8 Å². The molecule has 1 amide bonds. The zero-order valence-corrected chi connectivity index (χ0v) is 14.9. The summed E-state index contributed by atoms with van der Waals surface area (Å²) in [6, 6.07) is 19.9. The molecule has 1 fully saturated rings. The van der Waals surface area contributed by atoms with Crippen LogP contribution < -0.4 is 9.64 Å². The summed E-state index contributed by atoms with van der Waals surface area (Å²) in [6.45, 7) is 0.172. The fourth-order valence-corrected chi connectivity index (χ4v) is 3.11. The van der Waals surface area contributed by atoms with Gasteiger partial charge in [0, 0.05) is 10.7 Å². The summed E-state index contributed by atoms with van der Waals surface area (Å²) < 4.78 is 24.5.